The second-order valence-electron chi connectivity index (χ2n) is 5.19. The van der Waals surface area contributed by atoms with E-state index < -0.39 is 11.4 Å². The minimum absolute atomic E-state index is 0.249. The van der Waals surface area contributed by atoms with Crippen molar-refractivity contribution in [2.24, 2.45) is 0 Å². The number of benzene rings is 1. The average Bonchev–Trinajstić information content (AvgIpc) is 2.33. The number of rotatable bonds is 2. The van der Waals surface area contributed by atoms with Crippen LogP contribution in [0.4, 0.5) is 0 Å². The third-order valence-corrected chi connectivity index (χ3v) is 5.74. The monoisotopic (exact) mass is 285 g/mol. The van der Waals surface area contributed by atoms with Gasteiger partial charge >= 0.3 is 0 Å². The first-order valence-electron chi connectivity index (χ1n) is 6.45. The number of halogens is 1. The molecule has 1 saturated heterocycles. The van der Waals surface area contributed by atoms with Gasteiger partial charge in [-0.25, -0.2) is 0 Å². The van der Waals surface area contributed by atoms with Crippen LogP contribution in [0.25, 0.3) is 0 Å². The van der Waals surface area contributed by atoms with Crippen molar-refractivity contribution in [3.05, 3.63) is 34.9 Å². The molecule has 1 heterocycles. The van der Waals surface area contributed by atoms with Gasteiger partial charge in [0.1, 0.15) is 5.25 Å². The summed E-state index contributed by atoms with van der Waals surface area (Å²) in [6, 6.07) is 8.46. The van der Waals surface area contributed by atoms with Crippen molar-refractivity contribution in [3.8, 4) is 0 Å². The summed E-state index contributed by atoms with van der Waals surface area (Å²) in [5, 5.41) is 1.01. The van der Waals surface area contributed by atoms with E-state index in [0.29, 0.717) is 0 Å². The summed E-state index contributed by atoms with van der Waals surface area (Å²) in [4.78, 5) is 0. The average molecular weight is 286 g/mol. The Hall–Kier alpha value is -0.220. The molecule has 1 aliphatic heterocycles. The van der Waals surface area contributed by atoms with Crippen LogP contribution in [0.1, 0.15) is 45.2 Å². The first-order chi connectivity index (χ1) is 8.50. The zero-order valence-corrected chi connectivity index (χ0v) is 12.7. The predicted molar refractivity (Wildman–Crippen MR) is 78.0 cm³/mol. The second-order valence-corrected chi connectivity index (χ2v) is 7.40. The Balaban J connectivity index is 2.27. The smallest absolute Gasteiger partial charge is 0.133 e. The van der Waals surface area contributed by atoms with E-state index in [0.717, 1.165) is 17.9 Å². The van der Waals surface area contributed by atoms with Crippen molar-refractivity contribution in [1.29, 1.82) is 0 Å². The Kier molecular flexibility index (Phi) is 4.59. The Bertz CT molecular complexity index is 395. The van der Waals surface area contributed by atoms with Crippen molar-refractivity contribution in [2.45, 2.75) is 50.9 Å². The summed E-state index contributed by atoms with van der Waals surface area (Å²) in [6.07, 6.45) is 2.08. The molecule has 0 amide bonds. The largest absolute Gasteiger partial charge is 0.598 e. The van der Waals surface area contributed by atoms with Crippen molar-refractivity contribution in [1.82, 2.24) is 4.31 Å². The lowest BCUT2D eigenvalue weighted by Crippen LogP contribution is -2.47. The molecule has 1 aromatic rings. The van der Waals surface area contributed by atoms with Crippen LogP contribution in [0.5, 0.6) is 0 Å². The fourth-order valence-electron chi connectivity index (χ4n) is 2.52. The van der Waals surface area contributed by atoms with E-state index in [2.05, 4.69) is 37.2 Å². The second kappa shape index (κ2) is 5.83. The molecule has 0 radical (unpaired) electrons. The maximum Gasteiger partial charge on any atom is 0.133 e. The summed E-state index contributed by atoms with van der Waals surface area (Å²) in [5.41, 5.74) is 1.22. The Morgan fingerprint density at radius 3 is 2.44 bits per heavy atom. The third kappa shape index (κ3) is 2.85. The molecular formula is C14H20ClNOS. The van der Waals surface area contributed by atoms with Crippen LogP contribution in [0.15, 0.2) is 24.3 Å². The minimum Gasteiger partial charge on any atom is -0.598 e. The SMILES string of the molecule is CC(C)N1C(c2ccc(Cl)cc2)CC[C@@H](C)[S+]1[O-]. The van der Waals surface area contributed by atoms with Gasteiger partial charge in [0, 0.05) is 16.4 Å². The van der Waals surface area contributed by atoms with Crippen LogP contribution in [-0.4, -0.2) is 20.1 Å². The predicted octanol–water partition coefficient (Wildman–Crippen LogP) is 3.94. The lowest BCUT2D eigenvalue weighted by Gasteiger charge is -2.41. The molecule has 0 spiro atoms. The molecule has 0 N–H and O–H groups in total. The van der Waals surface area contributed by atoms with E-state index in [-0.39, 0.29) is 17.3 Å². The van der Waals surface area contributed by atoms with Crippen molar-refractivity contribution < 1.29 is 4.55 Å². The highest BCUT2D eigenvalue weighted by Gasteiger charge is 2.40. The summed E-state index contributed by atoms with van der Waals surface area (Å²) in [7, 11) is 0. The number of hydrogen-bond acceptors (Lipinski definition) is 2. The fourth-order valence-corrected chi connectivity index (χ4v) is 4.29. The molecule has 0 aromatic heterocycles. The van der Waals surface area contributed by atoms with Crippen molar-refractivity contribution in [3.63, 3.8) is 0 Å². The summed E-state index contributed by atoms with van der Waals surface area (Å²) in [6.45, 7) is 6.29. The molecule has 3 atom stereocenters. The van der Waals surface area contributed by atoms with Gasteiger partial charge in [-0.2, -0.15) is 0 Å². The maximum absolute atomic E-state index is 12.4. The van der Waals surface area contributed by atoms with Gasteiger partial charge in [-0.15, -0.1) is 4.31 Å². The van der Waals surface area contributed by atoms with Gasteiger partial charge in [0.15, 0.2) is 0 Å². The van der Waals surface area contributed by atoms with E-state index in [1.54, 1.807) is 0 Å². The molecule has 4 heteroatoms. The van der Waals surface area contributed by atoms with Gasteiger partial charge in [-0.3, -0.25) is 0 Å². The molecule has 2 nitrogen and oxygen atoms in total. The Morgan fingerprint density at radius 1 is 1.28 bits per heavy atom. The standard InChI is InChI=1S/C14H20ClNOS/c1-10(2)16-14(9-4-11(3)18(16)17)12-5-7-13(15)8-6-12/h5-8,10-11,14H,4,9H2,1-3H3/t11-,14?,18?/m1/s1. The summed E-state index contributed by atoms with van der Waals surface area (Å²) in [5.74, 6) is 0. The molecule has 0 saturated carbocycles. The zero-order valence-electron chi connectivity index (χ0n) is 11.1. The quantitative estimate of drug-likeness (QED) is 0.770. The highest BCUT2D eigenvalue weighted by Crippen LogP contribution is 2.38. The van der Waals surface area contributed by atoms with Crippen LogP contribution in [0, 0.1) is 0 Å². The molecule has 18 heavy (non-hydrogen) atoms. The van der Waals surface area contributed by atoms with Crippen LogP contribution < -0.4 is 0 Å². The molecule has 1 fully saturated rings. The Morgan fingerprint density at radius 2 is 1.89 bits per heavy atom. The van der Waals surface area contributed by atoms with Gasteiger partial charge in [-0.1, -0.05) is 23.7 Å². The molecule has 2 unspecified atom stereocenters. The summed E-state index contributed by atoms with van der Waals surface area (Å²) < 4.78 is 14.6. The molecule has 2 rings (SSSR count). The van der Waals surface area contributed by atoms with Gasteiger partial charge in [0.2, 0.25) is 0 Å². The highest BCUT2D eigenvalue weighted by molar-refractivity contribution is 7.89. The number of nitrogens with zero attached hydrogens (tertiary/aromatic N) is 1. The van der Waals surface area contributed by atoms with Crippen LogP contribution in [0.2, 0.25) is 5.02 Å². The first kappa shape index (κ1) is 14.2. The zero-order chi connectivity index (χ0) is 13.3. The van der Waals surface area contributed by atoms with E-state index in [9.17, 15) is 4.55 Å². The summed E-state index contributed by atoms with van der Waals surface area (Å²) >= 11 is 5.04. The molecule has 100 valence electrons. The normalized spacial score (nSPS) is 29.8. The first-order valence-corrected chi connectivity index (χ1v) is 8.00. The van der Waals surface area contributed by atoms with Crippen LogP contribution >= 0.6 is 11.6 Å². The van der Waals surface area contributed by atoms with E-state index in [1.165, 1.54) is 5.56 Å². The fraction of sp³-hybridized carbons (Fsp3) is 0.571. The lowest BCUT2D eigenvalue weighted by molar-refractivity contribution is 0.238. The van der Waals surface area contributed by atoms with Gasteiger partial charge < -0.3 is 4.55 Å². The van der Waals surface area contributed by atoms with Gasteiger partial charge in [0.05, 0.1) is 12.1 Å². The molecular weight excluding hydrogens is 266 g/mol. The topological polar surface area (TPSA) is 26.3 Å². The molecule has 0 bridgehead atoms. The van der Waals surface area contributed by atoms with Crippen LogP contribution in [-0.2, 0) is 11.4 Å². The minimum atomic E-state index is -0.888. The van der Waals surface area contributed by atoms with Crippen molar-refractivity contribution in [2.75, 3.05) is 0 Å². The molecule has 1 aliphatic rings. The maximum atomic E-state index is 12.4. The Labute approximate surface area is 118 Å². The van der Waals surface area contributed by atoms with Gasteiger partial charge in [0.25, 0.3) is 0 Å². The van der Waals surface area contributed by atoms with Gasteiger partial charge in [-0.05, 0) is 51.3 Å². The van der Waals surface area contributed by atoms with E-state index in [1.807, 2.05) is 12.1 Å². The lowest BCUT2D eigenvalue weighted by atomic mass is 10.00. The van der Waals surface area contributed by atoms with E-state index in [4.69, 9.17) is 11.6 Å². The third-order valence-electron chi connectivity index (χ3n) is 3.47. The number of hydrogen-bond donors (Lipinski definition) is 0. The van der Waals surface area contributed by atoms with Crippen LogP contribution in [0.3, 0.4) is 0 Å². The molecule has 0 aliphatic carbocycles. The van der Waals surface area contributed by atoms with E-state index >= 15 is 0 Å². The highest BCUT2D eigenvalue weighted by atomic mass is 35.5. The van der Waals surface area contributed by atoms with Crippen molar-refractivity contribution >= 4 is 23.0 Å². The molecule has 1 aromatic carbocycles.